The molecule has 1 atom stereocenters. The lowest BCUT2D eigenvalue weighted by molar-refractivity contribution is 0.0944. The second-order valence-corrected chi connectivity index (χ2v) is 6.17. The van der Waals surface area contributed by atoms with E-state index in [4.69, 9.17) is 14.7 Å². The van der Waals surface area contributed by atoms with Gasteiger partial charge in [-0.25, -0.2) is 0 Å². The smallest absolute Gasteiger partial charge is 0.261 e. The lowest BCUT2D eigenvalue weighted by Gasteiger charge is -2.16. The fourth-order valence-electron chi connectivity index (χ4n) is 2.31. The summed E-state index contributed by atoms with van der Waals surface area (Å²) in [5, 5.41) is 13.4. The Morgan fingerprint density at radius 3 is 2.83 bits per heavy atom. The van der Waals surface area contributed by atoms with Crippen molar-refractivity contribution in [2.45, 2.75) is 19.4 Å². The van der Waals surface area contributed by atoms with E-state index in [2.05, 4.69) is 5.32 Å². The highest BCUT2D eigenvalue weighted by Crippen LogP contribution is 2.32. The third-order valence-electron chi connectivity index (χ3n) is 3.57. The quantitative estimate of drug-likeness (QED) is 0.938. The minimum atomic E-state index is -0.184. The zero-order valence-electron chi connectivity index (χ0n) is 12.7. The van der Waals surface area contributed by atoms with Crippen LogP contribution in [0.2, 0.25) is 0 Å². The molecule has 1 aliphatic rings. The van der Waals surface area contributed by atoms with Crippen LogP contribution in [-0.4, -0.2) is 19.1 Å². The number of ether oxygens (including phenoxy) is 2. The van der Waals surface area contributed by atoms with Crippen LogP contribution in [0.1, 0.15) is 40.2 Å². The van der Waals surface area contributed by atoms with Gasteiger partial charge in [-0.15, -0.1) is 11.3 Å². The van der Waals surface area contributed by atoms with Gasteiger partial charge in [0.1, 0.15) is 6.07 Å². The Bertz CT molecular complexity index is 763. The topological polar surface area (TPSA) is 71.4 Å². The molecule has 5 nitrogen and oxygen atoms in total. The highest BCUT2D eigenvalue weighted by atomic mass is 32.1. The first-order chi connectivity index (χ1) is 11.2. The summed E-state index contributed by atoms with van der Waals surface area (Å²) in [6.45, 7) is 3.19. The maximum Gasteiger partial charge on any atom is 0.261 e. The van der Waals surface area contributed by atoms with Gasteiger partial charge in [-0.2, -0.15) is 5.26 Å². The highest BCUT2D eigenvalue weighted by molar-refractivity contribution is 7.12. The molecule has 1 aromatic carbocycles. The molecule has 0 aliphatic carbocycles. The van der Waals surface area contributed by atoms with Crippen LogP contribution in [0.4, 0.5) is 0 Å². The standard InChI is InChI=1S/C17H16N2O3S/c1-11(19-17(20)16-7-12(9-18)10-23-16)13-3-4-14-15(8-13)22-6-2-5-21-14/h3-4,7-8,10-11H,2,5-6H2,1H3,(H,19,20)/t11-/m0/s1. The summed E-state index contributed by atoms with van der Waals surface area (Å²) in [6.07, 6.45) is 0.857. The van der Waals surface area contributed by atoms with Crippen molar-refractivity contribution in [3.8, 4) is 17.6 Å². The zero-order valence-corrected chi connectivity index (χ0v) is 13.5. The normalized spacial score (nSPS) is 14.4. The average Bonchev–Trinajstić information content (AvgIpc) is 2.92. The first kappa shape index (κ1) is 15.4. The SMILES string of the molecule is C[C@H](NC(=O)c1cc(C#N)cs1)c1ccc2c(c1)OCCCO2. The van der Waals surface area contributed by atoms with Crippen LogP contribution in [0, 0.1) is 11.3 Å². The molecule has 23 heavy (non-hydrogen) atoms. The van der Waals surface area contributed by atoms with E-state index in [9.17, 15) is 4.79 Å². The van der Waals surface area contributed by atoms with Gasteiger partial charge in [0.25, 0.3) is 5.91 Å². The Kier molecular flexibility index (Phi) is 4.49. The van der Waals surface area contributed by atoms with Crippen molar-refractivity contribution >= 4 is 17.2 Å². The molecule has 0 radical (unpaired) electrons. The molecule has 3 rings (SSSR count). The number of benzene rings is 1. The van der Waals surface area contributed by atoms with Gasteiger partial charge in [0.15, 0.2) is 11.5 Å². The minimum absolute atomic E-state index is 0.174. The number of carbonyl (C=O) groups is 1. The van der Waals surface area contributed by atoms with E-state index in [0.717, 1.165) is 17.7 Å². The molecule has 118 valence electrons. The summed E-state index contributed by atoms with van der Waals surface area (Å²) in [7, 11) is 0. The van der Waals surface area contributed by atoms with E-state index in [0.29, 0.717) is 29.4 Å². The molecule has 0 bridgehead atoms. The Morgan fingerprint density at radius 2 is 2.09 bits per heavy atom. The van der Waals surface area contributed by atoms with E-state index in [1.165, 1.54) is 11.3 Å². The molecule has 0 saturated carbocycles. The van der Waals surface area contributed by atoms with Crippen LogP contribution < -0.4 is 14.8 Å². The summed E-state index contributed by atoms with van der Waals surface area (Å²) in [4.78, 5) is 12.8. The van der Waals surface area contributed by atoms with E-state index in [-0.39, 0.29) is 11.9 Å². The predicted molar refractivity (Wildman–Crippen MR) is 87.0 cm³/mol. The fourth-order valence-corrected chi connectivity index (χ4v) is 3.05. The molecule has 1 amide bonds. The largest absolute Gasteiger partial charge is 0.490 e. The second-order valence-electron chi connectivity index (χ2n) is 5.26. The number of hydrogen-bond acceptors (Lipinski definition) is 5. The van der Waals surface area contributed by atoms with Crippen molar-refractivity contribution in [1.82, 2.24) is 5.32 Å². The number of nitrogens with zero attached hydrogens (tertiary/aromatic N) is 1. The van der Waals surface area contributed by atoms with Gasteiger partial charge in [0.2, 0.25) is 0 Å². The van der Waals surface area contributed by atoms with Gasteiger partial charge in [-0.3, -0.25) is 4.79 Å². The van der Waals surface area contributed by atoms with Crippen LogP contribution in [0.5, 0.6) is 11.5 Å². The molecule has 2 heterocycles. The van der Waals surface area contributed by atoms with Crippen molar-refractivity contribution in [3.63, 3.8) is 0 Å². The van der Waals surface area contributed by atoms with Crippen LogP contribution in [-0.2, 0) is 0 Å². The molecule has 1 N–H and O–H groups in total. The number of thiophene rings is 1. The van der Waals surface area contributed by atoms with Gasteiger partial charge >= 0.3 is 0 Å². The lowest BCUT2D eigenvalue weighted by atomic mass is 10.1. The molecule has 0 unspecified atom stereocenters. The monoisotopic (exact) mass is 328 g/mol. The number of hydrogen-bond donors (Lipinski definition) is 1. The molecule has 1 aromatic heterocycles. The minimum Gasteiger partial charge on any atom is -0.490 e. The third-order valence-corrected chi connectivity index (χ3v) is 4.50. The van der Waals surface area contributed by atoms with E-state index < -0.39 is 0 Å². The summed E-state index contributed by atoms with van der Waals surface area (Å²) >= 11 is 1.27. The number of rotatable bonds is 3. The van der Waals surface area contributed by atoms with Crippen molar-refractivity contribution in [1.29, 1.82) is 5.26 Å². The van der Waals surface area contributed by atoms with Crippen molar-refractivity contribution in [3.05, 3.63) is 45.6 Å². The van der Waals surface area contributed by atoms with Gasteiger partial charge in [0.05, 0.1) is 29.7 Å². The van der Waals surface area contributed by atoms with Gasteiger partial charge in [-0.1, -0.05) is 6.07 Å². The molecular formula is C17H16N2O3S. The third kappa shape index (κ3) is 3.46. The maximum absolute atomic E-state index is 12.2. The first-order valence-corrected chi connectivity index (χ1v) is 8.24. The Hall–Kier alpha value is -2.52. The van der Waals surface area contributed by atoms with E-state index in [1.54, 1.807) is 11.4 Å². The van der Waals surface area contributed by atoms with Gasteiger partial charge in [0, 0.05) is 11.8 Å². The summed E-state index contributed by atoms with van der Waals surface area (Å²) in [6, 6.07) is 9.15. The molecule has 1 aliphatic heterocycles. The molecule has 2 aromatic rings. The number of carbonyl (C=O) groups excluding carboxylic acids is 1. The van der Waals surface area contributed by atoms with Crippen molar-refractivity contribution in [2.24, 2.45) is 0 Å². The summed E-state index contributed by atoms with van der Waals surface area (Å²) < 4.78 is 11.3. The average molecular weight is 328 g/mol. The predicted octanol–water partition coefficient (Wildman–Crippen LogP) is 3.27. The van der Waals surface area contributed by atoms with Crippen molar-refractivity contribution in [2.75, 3.05) is 13.2 Å². The lowest BCUT2D eigenvalue weighted by Crippen LogP contribution is -2.25. The maximum atomic E-state index is 12.2. The Balaban J connectivity index is 1.73. The second kappa shape index (κ2) is 6.71. The Morgan fingerprint density at radius 1 is 1.30 bits per heavy atom. The zero-order chi connectivity index (χ0) is 16.2. The number of nitriles is 1. The van der Waals surface area contributed by atoms with E-state index >= 15 is 0 Å². The van der Waals surface area contributed by atoms with Gasteiger partial charge < -0.3 is 14.8 Å². The molecule has 0 spiro atoms. The molecule has 6 heteroatoms. The van der Waals surface area contributed by atoms with Crippen LogP contribution in [0.3, 0.4) is 0 Å². The summed E-state index contributed by atoms with van der Waals surface area (Å²) in [5.41, 5.74) is 1.45. The highest BCUT2D eigenvalue weighted by Gasteiger charge is 2.16. The number of amides is 1. The molecular weight excluding hydrogens is 312 g/mol. The fraction of sp³-hybridized carbons (Fsp3) is 0.294. The van der Waals surface area contributed by atoms with E-state index in [1.807, 2.05) is 31.2 Å². The van der Waals surface area contributed by atoms with Gasteiger partial charge in [-0.05, 0) is 30.7 Å². The van der Waals surface area contributed by atoms with Crippen LogP contribution in [0.25, 0.3) is 0 Å². The van der Waals surface area contributed by atoms with Crippen molar-refractivity contribution < 1.29 is 14.3 Å². The number of nitrogens with one attached hydrogen (secondary N) is 1. The molecule has 0 fully saturated rings. The van der Waals surface area contributed by atoms with Crippen LogP contribution >= 0.6 is 11.3 Å². The summed E-state index contributed by atoms with van der Waals surface area (Å²) in [5.74, 6) is 1.27. The number of fused-ring (bicyclic) bond motifs is 1. The Labute approximate surface area is 138 Å². The van der Waals surface area contributed by atoms with Crippen LogP contribution in [0.15, 0.2) is 29.6 Å². The molecule has 0 saturated heterocycles. The first-order valence-electron chi connectivity index (χ1n) is 7.36.